The van der Waals surface area contributed by atoms with E-state index in [-0.39, 0.29) is 12.1 Å². The maximum atomic E-state index is 6.09. The van der Waals surface area contributed by atoms with E-state index in [1.807, 2.05) is 42.4 Å². The normalized spacial score (nSPS) is 19.8. The highest BCUT2D eigenvalue weighted by atomic mass is 16.5. The van der Waals surface area contributed by atoms with Crippen LogP contribution in [0.3, 0.4) is 0 Å². The molecule has 2 atom stereocenters. The van der Waals surface area contributed by atoms with Crippen molar-refractivity contribution in [2.24, 2.45) is 0 Å². The van der Waals surface area contributed by atoms with Crippen LogP contribution in [-0.2, 0) is 4.74 Å². The van der Waals surface area contributed by atoms with Crippen molar-refractivity contribution in [3.05, 3.63) is 78.3 Å². The summed E-state index contributed by atoms with van der Waals surface area (Å²) in [6.07, 6.45) is 8.72. The van der Waals surface area contributed by atoms with Crippen molar-refractivity contribution in [3.63, 3.8) is 0 Å². The van der Waals surface area contributed by atoms with Crippen LogP contribution in [0.1, 0.15) is 37.8 Å². The summed E-state index contributed by atoms with van der Waals surface area (Å²) in [6.45, 7) is 9.69. The van der Waals surface area contributed by atoms with Crippen LogP contribution in [0.25, 0.3) is 16.6 Å². The van der Waals surface area contributed by atoms with Gasteiger partial charge in [-0.15, -0.1) is 0 Å². The highest BCUT2D eigenvalue weighted by Crippen LogP contribution is 2.33. The molecular weight excluding hydrogens is 402 g/mol. The number of hydrogen-bond acceptors (Lipinski definition) is 6. The van der Waals surface area contributed by atoms with Crippen LogP contribution in [0.2, 0.25) is 0 Å². The third-order valence-corrected chi connectivity index (χ3v) is 6.07. The second-order valence-corrected chi connectivity index (χ2v) is 8.32. The molecule has 0 N–H and O–H groups in total. The number of likely N-dealkylation sites (N-methyl/N-ethyl adjacent to an activating group) is 1. The summed E-state index contributed by atoms with van der Waals surface area (Å²) in [5, 5.41) is 0. The number of fused-ring (bicyclic) bond motifs is 1. The van der Waals surface area contributed by atoms with Gasteiger partial charge in [0.15, 0.2) is 0 Å². The molecule has 0 aromatic carbocycles. The lowest BCUT2D eigenvalue weighted by Gasteiger charge is -2.25. The van der Waals surface area contributed by atoms with Crippen LogP contribution < -0.4 is 4.74 Å². The van der Waals surface area contributed by atoms with E-state index in [9.17, 15) is 0 Å². The molecular formula is C25H27N5O2. The Morgan fingerprint density at radius 2 is 2.16 bits per heavy atom. The first-order valence-electron chi connectivity index (χ1n) is 10.9. The fraction of sp³-hybridized carbons (Fsp3) is 0.320. The Kier molecular flexibility index (Phi) is 5.27. The molecule has 7 heteroatoms. The van der Waals surface area contributed by atoms with Crippen LogP contribution in [0.15, 0.2) is 66.8 Å². The van der Waals surface area contributed by atoms with E-state index < -0.39 is 0 Å². The Labute approximate surface area is 187 Å². The highest BCUT2D eigenvalue weighted by molar-refractivity contribution is 5.83. The van der Waals surface area contributed by atoms with Crippen LogP contribution in [0, 0.1) is 0 Å². The van der Waals surface area contributed by atoms with Gasteiger partial charge in [0.25, 0.3) is 0 Å². The molecule has 0 radical (unpaired) electrons. The van der Waals surface area contributed by atoms with E-state index in [1.165, 1.54) is 0 Å². The Hall–Kier alpha value is -3.45. The van der Waals surface area contributed by atoms with Gasteiger partial charge in [-0.05, 0) is 37.6 Å². The van der Waals surface area contributed by atoms with E-state index >= 15 is 0 Å². The Balaban J connectivity index is 1.65. The zero-order chi connectivity index (χ0) is 22.2. The SMILES string of the molecule is C=C1C(C)=CC(c2nc3cnc(OC4CCOC4)cc3n2[C@@H](C)c2ccccn2)=CN1C. The lowest BCUT2D eigenvalue weighted by atomic mass is 10.1. The molecule has 1 unspecified atom stereocenters. The summed E-state index contributed by atoms with van der Waals surface area (Å²) >= 11 is 0. The Morgan fingerprint density at radius 3 is 2.88 bits per heavy atom. The average molecular weight is 430 g/mol. The van der Waals surface area contributed by atoms with Gasteiger partial charge in [-0.25, -0.2) is 9.97 Å². The van der Waals surface area contributed by atoms with Crippen molar-refractivity contribution in [1.29, 1.82) is 0 Å². The highest BCUT2D eigenvalue weighted by Gasteiger charge is 2.24. The number of hydrogen-bond donors (Lipinski definition) is 0. The number of aromatic nitrogens is 4. The number of pyridine rings is 2. The van der Waals surface area contributed by atoms with E-state index in [4.69, 9.17) is 14.5 Å². The van der Waals surface area contributed by atoms with E-state index in [2.05, 4.69) is 47.2 Å². The molecule has 5 heterocycles. The molecule has 7 nitrogen and oxygen atoms in total. The molecule has 1 saturated heterocycles. The molecule has 3 aromatic heterocycles. The van der Waals surface area contributed by atoms with Gasteiger partial charge >= 0.3 is 0 Å². The monoisotopic (exact) mass is 429 g/mol. The van der Waals surface area contributed by atoms with Gasteiger partial charge in [0.1, 0.15) is 17.4 Å². The Morgan fingerprint density at radius 1 is 1.28 bits per heavy atom. The fourth-order valence-electron chi connectivity index (χ4n) is 4.21. The lowest BCUT2D eigenvalue weighted by Crippen LogP contribution is -2.17. The van der Waals surface area contributed by atoms with Gasteiger partial charge in [-0.3, -0.25) is 4.98 Å². The quantitative estimate of drug-likeness (QED) is 0.601. The summed E-state index contributed by atoms with van der Waals surface area (Å²) in [5.74, 6) is 1.45. The molecule has 2 aliphatic rings. The first-order valence-corrected chi connectivity index (χ1v) is 10.9. The molecule has 0 amide bonds. The van der Waals surface area contributed by atoms with E-state index in [0.29, 0.717) is 12.5 Å². The first kappa shape index (κ1) is 20.5. The minimum Gasteiger partial charge on any atom is -0.472 e. The molecule has 0 bridgehead atoms. The van der Waals surface area contributed by atoms with Gasteiger partial charge in [0.05, 0.1) is 36.7 Å². The Bertz CT molecular complexity index is 1220. The van der Waals surface area contributed by atoms with Gasteiger partial charge in [-0.1, -0.05) is 12.6 Å². The van der Waals surface area contributed by atoms with Gasteiger partial charge in [-0.2, -0.15) is 0 Å². The third-order valence-electron chi connectivity index (χ3n) is 6.07. The summed E-state index contributed by atoms with van der Waals surface area (Å²) in [6, 6.07) is 7.92. The predicted molar refractivity (Wildman–Crippen MR) is 124 cm³/mol. The number of nitrogens with zero attached hydrogens (tertiary/aromatic N) is 5. The van der Waals surface area contributed by atoms with Crippen molar-refractivity contribution >= 4 is 16.6 Å². The average Bonchev–Trinajstić information content (AvgIpc) is 3.45. The van der Waals surface area contributed by atoms with Crippen molar-refractivity contribution in [2.75, 3.05) is 20.3 Å². The third kappa shape index (κ3) is 3.69. The first-order chi connectivity index (χ1) is 15.5. The van der Waals surface area contributed by atoms with Crippen LogP contribution in [0.4, 0.5) is 0 Å². The molecule has 0 spiro atoms. The largest absolute Gasteiger partial charge is 0.472 e. The molecule has 0 aliphatic carbocycles. The van der Waals surface area contributed by atoms with Crippen molar-refractivity contribution in [3.8, 4) is 5.88 Å². The summed E-state index contributed by atoms with van der Waals surface area (Å²) in [4.78, 5) is 16.1. The minimum atomic E-state index is -0.0358. The van der Waals surface area contributed by atoms with Gasteiger partial charge in [0, 0.05) is 43.2 Å². The lowest BCUT2D eigenvalue weighted by molar-refractivity contribution is 0.138. The topological polar surface area (TPSA) is 65.3 Å². The number of imidazole rings is 1. The molecule has 32 heavy (non-hydrogen) atoms. The molecule has 164 valence electrons. The van der Waals surface area contributed by atoms with Crippen molar-refractivity contribution in [2.45, 2.75) is 32.4 Å². The zero-order valence-electron chi connectivity index (χ0n) is 18.7. The second-order valence-electron chi connectivity index (χ2n) is 8.32. The molecule has 3 aromatic rings. The van der Waals surface area contributed by atoms with Gasteiger partial charge in [0.2, 0.25) is 5.88 Å². The number of allylic oxidation sites excluding steroid dienone is 3. The maximum absolute atomic E-state index is 6.09. The van der Waals surface area contributed by atoms with Crippen LogP contribution in [0.5, 0.6) is 5.88 Å². The molecule has 5 rings (SSSR count). The van der Waals surface area contributed by atoms with Crippen LogP contribution >= 0.6 is 0 Å². The summed E-state index contributed by atoms with van der Waals surface area (Å²) in [5.41, 5.74) is 5.84. The van der Waals surface area contributed by atoms with Gasteiger partial charge < -0.3 is 18.9 Å². The molecule has 1 fully saturated rings. The van der Waals surface area contributed by atoms with Crippen LogP contribution in [-0.4, -0.2) is 50.8 Å². The van der Waals surface area contributed by atoms with Crippen molar-refractivity contribution in [1.82, 2.24) is 24.4 Å². The number of ether oxygens (including phenoxy) is 2. The van der Waals surface area contributed by atoms with Crippen molar-refractivity contribution < 1.29 is 9.47 Å². The fourth-order valence-corrected chi connectivity index (χ4v) is 4.21. The number of rotatable bonds is 5. The molecule has 2 aliphatic heterocycles. The van der Waals surface area contributed by atoms with E-state index in [1.54, 1.807) is 6.20 Å². The predicted octanol–water partition coefficient (Wildman–Crippen LogP) is 4.35. The summed E-state index contributed by atoms with van der Waals surface area (Å²) < 4.78 is 13.7. The summed E-state index contributed by atoms with van der Waals surface area (Å²) in [7, 11) is 2.01. The maximum Gasteiger partial charge on any atom is 0.215 e. The minimum absolute atomic E-state index is 0.0358. The standard InChI is InChI=1S/C25H27N5O2/c1-16-11-19(14-29(4)17(16)2)25-28-22-13-27-24(32-20-8-10-31-15-20)12-23(22)30(25)18(3)21-7-5-6-9-26-21/h5-7,9,11-14,18,20H,2,8,10,15H2,1,3-4H3/t18-,20?/m0/s1. The molecule has 0 saturated carbocycles. The smallest absolute Gasteiger partial charge is 0.215 e. The second kappa shape index (κ2) is 8.24. The van der Waals surface area contributed by atoms with E-state index in [0.717, 1.165) is 52.4 Å². The zero-order valence-corrected chi connectivity index (χ0v) is 18.7.